The van der Waals surface area contributed by atoms with Gasteiger partial charge in [-0.05, 0) is 35.2 Å². The molecule has 0 amide bonds. The summed E-state index contributed by atoms with van der Waals surface area (Å²) in [5, 5.41) is 4.90. The predicted molar refractivity (Wildman–Crippen MR) is 129 cm³/mol. The molecule has 0 spiro atoms. The molecule has 4 aromatic carbocycles. The third-order valence-corrected chi connectivity index (χ3v) is 7.44. The van der Waals surface area contributed by atoms with E-state index < -0.39 is 42.3 Å². The lowest BCUT2D eigenvalue weighted by Crippen LogP contribution is -2.18. The molecule has 12 heteroatoms. The van der Waals surface area contributed by atoms with Gasteiger partial charge in [0, 0.05) is 16.5 Å². The van der Waals surface area contributed by atoms with E-state index in [1.54, 1.807) is 36.4 Å². The van der Waals surface area contributed by atoms with Crippen LogP contribution in [-0.2, 0) is 26.3 Å². The van der Waals surface area contributed by atoms with Crippen molar-refractivity contribution in [3.63, 3.8) is 0 Å². The Balaban J connectivity index is 1.75. The lowest BCUT2D eigenvalue weighted by atomic mass is 9.98. The Morgan fingerprint density at radius 3 is 2.17 bits per heavy atom. The van der Waals surface area contributed by atoms with Crippen LogP contribution in [0.25, 0.3) is 21.9 Å². The third-order valence-electron chi connectivity index (χ3n) is 5.25. The molecule has 0 aliphatic carbocycles. The van der Waals surface area contributed by atoms with Gasteiger partial charge >= 0.3 is 6.18 Å². The van der Waals surface area contributed by atoms with Gasteiger partial charge in [0.1, 0.15) is 4.90 Å². The Morgan fingerprint density at radius 1 is 0.778 bits per heavy atom. The number of fused-ring (bicyclic) bond motifs is 1. The molecule has 0 unspecified atom stereocenters. The molecular weight excluding hydrogens is 517 g/mol. The summed E-state index contributed by atoms with van der Waals surface area (Å²) >= 11 is 0. The number of alkyl halides is 3. The quantitative estimate of drug-likeness (QED) is 0.203. The summed E-state index contributed by atoms with van der Waals surface area (Å²) in [6.45, 7) is 0. The van der Waals surface area contributed by atoms with Gasteiger partial charge in [-0.25, -0.2) is 4.83 Å². The molecule has 0 aliphatic rings. The molecule has 186 valence electrons. The van der Waals surface area contributed by atoms with E-state index in [0.717, 1.165) is 6.21 Å². The highest BCUT2D eigenvalue weighted by atomic mass is 32.2. The second kappa shape index (κ2) is 9.37. The van der Waals surface area contributed by atoms with Crippen LogP contribution >= 0.6 is 0 Å². The largest absolute Gasteiger partial charge is 0.416 e. The minimum atomic E-state index is -4.88. The van der Waals surface area contributed by atoms with Crippen LogP contribution in [0.15, 0.2) is 99.8 Å². The molecule has 0 bridgehead atoms. The molecule has 0 heterocycles. The van der Waals surface area contributed by atoms with Crippen LogP contribution in [0.1, 0.15) is 11.1 Å². The lowest BCUT2D eigenvalue weighted by Gasteiger charge is -2.14. The van der Waals surface area contributed by atoms with Crippen LogP contribution in [0.4, 0.5) is 13.2 Å². The van der Waals surface area contributed by atoms with Crippen molar-refractivity contribution in [2.24, 2.45) is 5.10 Å². The molecule has 4 rings (SSSR count). The van der Waals surface area contributed by atoms with E-state index in [0.29, 0.717) is 29.0 Å². The number of hydrazone groups is 1. The first-order valence-electron chi connectivity index (χ1n) is 10.2. The predicted octanol–water partition coefficient (Wildman–Crippen LogP) is 5.08. The Labute approximate surface area is 204 Å². The first-order valence-corrected chi connectivity index (χ1v) is 13.1. The molecule has 0 saturated carbocycles. The van der Waals surface area contributed by atoms with Gasteiger partial charge in [-0.2, -0.15) is 35.1 Å². The van der Waals surface area contributed by atoms with Crippen LogP contribution in [0.3, 0.4) is 0 Å². The van der Waals surface area contributed by atoms with Gasteiger partial charge in [0.05, 0.1) is 16.7 Å². The van der Waals surface area contributed by atoms with Crippen molar-refractivity contribution in [2.75, 3.05) is 0 Å². The summed E-state index contributed by atoms with van der Waals surface area (Å²) in [7, 11) is -9.01. The molecule has 7 nitrogen and oxygen atoms in total. The van der Waals surface area contributed by atoms with Crippen LogP contribution in [0, 0.1) is 0 Å². The minimum absolute atomic E-state index is 0.0238. The molecular formula is C24H17F3N2O5S2. The number of rotatable bonds is 6. The molecule has 0 aromatic heterocycles. The molecule has 36 heavy (non-hydrogen) atoms. The maximum absolute atomic E-state index is 13.3. The van der Waals surface area contributed by atoms with Gasteiger partial charge in [-0.3, -0.25) is 4.55 Å². The Hall–Kier alpha value is -3.74. The average Bonchev–Trinajstić information content (AvgIpc) is 2.82. The van der Waals surface area contributed by atoms with Gasteiger partial charge in [0.2, 0.25) is 0 Å². The first kappa shape index (κ1) is 25.4. The summed E-state index contributed by atoms with van der Waals surface area (Å²) in [6, 6.07) is 19.0. The van der Waals surface area contributed by atoms with Crippen molar-refractivity contribution in [2.45, 2.75) is 16.0 Å². The molecule has 4 aromatic rings. The maximum Gasteiger partial charge on any atom is 0.416 e. The van der Waals surface area contributed by atoms with E-state index in [9.17, 15) is 34.6 Å². The Bertz CT molecular complexity index is 1700. The second-order valence-electron chi connectivity index (χ2n) is 7.60. The number of hydrogen-bond donors (Lipinski definition) is 2. The van der Waals surface area contributed by atoms with Gasteiger partial charge in [0.25, 0.3) is 20.1 Å². The highest BCUT2D eigenvalue weighted by Gasteiger charge is 2.32. The Kier molecular flexibility index (Phi) is 6.60. The van der Waals surface area contributed by atoms with Crippen molar-refractivity contribution in [3.8, 4) is 11.1 Å². The number of nitrogens with zero attached hydrogens (tertiary/aromatic N) is 1. The summed E-state index contributed by atoms with van der Waals surface area (Å²) in [5.41, 5.74) is -1.48. The highest BCUT2D eigenvalue weighted by Crippen LogP contribution is 2.36. The van der Waals surface area contributed by atoms with Crippen molar-refractivity contribution >= 4 is 37.1 Å². The number of halogens is 3. The van der Waals surface area contributed by atoms with Gasteiger partial charge < -0.3 is 0 Å². The third kappa shape index (κ3) is 5.25. The fourth-order valence-electron chi connectivity index (χ4n) is 3.64. The van der Waals surface area contributed by atoms with Crippen LogP contribution in [-0.4, -0.2) is 27.6 Å². The smallest absolute Gasteiger partial charge is 0.282 e. The topological polar surface area (TPSA) is 113 Å². The number of sulfonamides is 1. The van der Waals surface area contributed by atoms with E-state index in [2.05, 4.69) is 9.93 Å². The maximum atomic E-state index is 13.3. The Morgan fingerprint density at radius 2 is 1.44 bits per heavy atom. The van der Waals surface area contributed by atoms with Gasteiger partial charge in [-0.1, -0.05) is 60.7 Å². The van der Waals surface area contributed by atoms with E-state index in [1.807, 2.05) is 0 Å². The molecule has 0 radical (unpaired) electrons. The SMILES string of the molecule is O=S(=O)(O)c1ccc(C(F)(F)F)cc1-c1ccccc1/C=N/NS(=O)(=O)c1cccc2ccccc12. The van der Waals surface area contributed by atoms with Crippen molar-refractivity contribution in [1.82, 2.24) is 4.83 Å². The van der Waals surface area contributed by atoms with E-state index in [1.165, 1.54) is 30.3 Å². The first-order chi connectivity index (χ1) is 16.9. The molecule has 0 fully saturated rings. The van der Waals surface area contributed by atoms with Crippen LogP contribution in [0.2, 0.25) is 0 Å². The summed E-state index contributed by atoms with van der Waals surface area (Å²) in [6.07, 6.45) is -3.74. The van der Waals surface area contributed by atoms with E-state index in [-0.39, 0.29) is 16.0 Å². The summed E-state index contributed by atoms with van der Waals surface area (Å²) in [4.78, 5) is 1.30. The average molecular weight is 535 g/mol. The zero-order valence-corrected chi connectivity index (χ0v) is 19.8. The zero-order valence-electron chi connectivity index (χ0n) is 18.1. The number of benzene rings is 4. The fourth-order valence-corrected chi connectivity index (χ4v) is 5.35. The zero-order chi connectivity index (χ0) is 26.1. The molecule has 0 aliphatic heterocycles. The molecule has 2 N–H and O–H groups in total. The molecule has 0 atom stereocenters. The van der Waals surface area contributed by atoms with Crippen LogP contribution in [0.5, 0.6) is 0 Å². The number of nitrogens with one attached hydrogen (secondary N) is 1. The normalized spacial score (nSPS) is 12.8. The summed E-state index contributed by atoms with van der Waals surface area (Å²) in [5.74, 6) is 0. The van der Waals surface area contributed by atoms with Gasteiger partial charge in [0.15, 0.2) is 0 Å². The van der Waals surface area contributed by atoms with E-state index in [4.69, 9.17) is 0 Å². The van der Waals surface area contributed by atoms with Crippen molar-refractivity contribution < 1.29 is 34.6 Å². The number of hydrogen-bond acceptors (Lipinski definition) is 5. The minimum Gasteiger partial charge on any atom is -0.282 e. The standard InChI is InChI=1S/C24H17F3N2O5S2/c25-24(26,27)18-12-13-23(36(32,33)34)21(14-18)19-9-3-2-7-17(19)15-28-29-35(30,31)22-11-5-8-16-6-1-4-10-20(16)22/h1-15,29H,(H,32,33,34)/b28-15+. The second-order valence-corrected chi connectivity index (χ2v) is 10.6. The van der Waals surface area contributed by atoms with Crippen molar-refractivity contribution in [1.29, 1.82) is 0 Å². The fraction of sp³-hybridized carbons (Fsp3) is 0.0417. The monoisotopic (exact) mass is 534 g/mol. The lowest BCUT2D eigenvalue weighted by molar-refractivity contribution is -0.137. The molecule has 0 saturated heterocycles. The van der Waals surface area contributed by atoms with E-state index >= 15 is 0 Å². The van der Waals surface area contributed by atoms with Gasteiger partial charge in [-0.15, -0.1) is 0 Å². The summed E-state index contributed by atoms with van der Waals surface area (Å²) < 4.78 is 98.9. The van der Waals surface area contributed by atoms with Crippen LogP contribution < -0.4 is 4.83 Å². The van der Waals surface area contributed by atoms with Crippen molar-refractivity contribution in [3.05, 3.63) is 96.1 Å². The highest BCUT2D eigenvalue weighted by molar-refractivity contribution is 7.89.